The van der Waals surface area contributed by atoms with Gasteiger partial charge in [0, 0.05) is 17.1 Å². The fourth-order valence-electron chi connectivity index (χ4n) is 3.46. The number of carbonyl (C=O) groups is 1. The summed E-state index contributed by atoms with van der Waals surface area (Å²) >= 11 is 0. The summed E-state index contributed by atoms with van der Waals surface area (Å²) in [6.07, 6.45) is 5.51. The number of nitrogens with zero attached hydrogens (tertiary/aromatic N) is 4. The summed E-state index contributed by atoms with van der Waals surface area (Å²) in [6.45, 7) is 2.02. The Bertz CT molecular complexity index is 883. The van der Waals surface area contributed by atoms with Crippen molar-refractivity contribution >= 4 is 16.8 Å². The molecule has 7 heteroatoms. The molecular formula is C17H18N6O. The average Bonchev–Trinajstić information content (AvgIpc) is 3.27. The maximum Gasteiger partial charge on any atom is 0.252 e. The van der Waals surface area contributed by atoms with Gasteiger partial charge in [0.05, 0.1) is 5.52 Å². The van der Waals surface area contributed by atoms with Gasteiger partial charge in [-0.15, -0.1) is 10.2 Å². The fourth-order valence-corrected chi connectivity index (χ4v) is 3.46. The molecule has 1 amide bonds. The molecule has 0 unspecified atom stereocenters. The molecule has 0 aliphatic heterocycles. The number of tetrazole rings is 1. The fraction of sp³-hybridized carbons (Fsp3) is 0.353. The zero-order valence-electron chi connectivity index (χ0n) is 13.4. The predicted molar refractivity (Wildman–Crippen MR) is 88.3 cm³/mol. The van der Waals surface area contributed by atoms with Crippen LogP contribution in [0.2, 0.25) is 0 Å². The second kappa shape index (κ2) is 5.67. The number of hydrogen-bond donors (Lipinski definition) is 2. The number of aromatic amines is 1. The zero-order chi connectivity index (χ0) is 16.6. The van der Waals surface area contributed by atoms with Crippen LogP contribution < -0.4 is 5.32 Å². The number of amides is 1. The van der Waals surface area contributed by atoms with Crippen molar-refractivity contribution in [2.45, 2.75) is 38.1 Å². The van der Waals surface area contributed by atoms with Gasteiger partial charge in [0.25, 0.3) is 5.91 Å². The van der Waals surface area contributed by atoms with Crippen LogP contribution in [0.1, 0.15) is 47.4 Å². The minimum Gasteiger partial charge on any atom is -0.339 e. The second-order valence-corrected chi connectivity index (χ2v) is 6.34. The van der Waals surface area contributed by atoms with Crippen LogP contribution in [0.4, 0.5) is 0 Å². The molecule has 1 saturated carbocycles. The van der Waals surface area contributed by atoms with Crippen molar-refractivity contribution in [1.29, 1.82) is 0 Å². The van der Waals surface area contributed by atoms with E-state index in [2.05, 4.69) is 30.9 Å². The van der Waals surface area contributed by atoms with E-state index in [0.717, 1.165) is 42.1 Å². The molecule has 24 heavy (non-hydrogen) atoms. The Morgan fingerprint density at radius 2 is 2.08 bits per heavy atom. The number of fused-ring (bicyclic) bond motifs is 1. The summed E-state index contributed by atoms with van der Waals surface area (Å²) < 4.78 is 0. The SMILES string of the molecule is Cc1ccnc2ccc(C(=O)NC3(c4nn[nH]n4)CCCC3)cc12. The maximum atomic E-state index is 12.8. The van der Waals surface area contributed by atoms with E-state index in [9.17, 15) is 4.79 Å². The third-order valence-electron chi connectivity index (χ3n) is 4.81. The quantitative estimate of drug-likeness (QED) is 0.771. The molecule has 2 aromatic heterocycles. The molecule has 1 aliphatic rings. The molecule has 0 atom stereocenters. The average molecular weight is 322 g/mol. The molecule has 4 rings (SSSR count). The number of rotatable bonds is 3. The Labute approximate surface area is 138 Å². The van der Waals surface area contributed by atoms with Crippen LogP contribution in [0.5, 0.6) is 0 Å². The topological polar surface area (TPSA) is 96.5 Å². The third-order valence-corrected chi connectivity index (χ3v) is 4.81. The molecule has 2 heterocycles. The maximum absolute atomic E-state index is 12.8. The summed E-state index contributed by atoms with van der Waals surface area (Å²) in [6, 6.07) is 7.53. The van der Waals surface area contributed by atoms with Gasteiger partial charge in [0.1, 0.15) is 5.54 Å². The minimum absolute atomic E-state index is 0.119. The van der Waals surface area contributed by atoms with Crippen LogP contribution in [0.25, 0.3) is 10.9 Å². The highest BCUT2D eigenvalue weighted by atomic mass is 16.1. The molecular weight excluding hydrogens is 304 g/mol. The Hall–Kier alpha value is -2.83. The van der Waals surface area contributed by atoms with E-state index in [1.54, 1.807) is 6.20 Å². The van der Waals surface area contributed by atoms with Crippen molar-refractivity contribution in [2.75, 3.05) is 0 Å². The number of aryl methyl sites for hydroxylation is 1. The Morgan fingerprint density at radius 3 is 2.83 bits per heavy atom. The summed E-state index contributed by atoms with van der Waals surface area (Å²) in [4.78, 5) is 17.2. The minimum atomic E-state index is -0.525. The van der Waals surface area contributed by atoms with Crippen molar-refractivity contribution < 1.29 is 4.79 Å². The lowest BCUT2D eigenvalue weighted by atomic mass is 9.95. The van der Waals surface area contributed by atoms with Gasteiger partial charge >= 0.3 is 0 Å². The van der Waals surface area contributed by atoms with E-state index < -0.39 is 5.54 Å². The lowest BCUT2D eigenvalue weighted by Crippen LogP contribution is -2.44. The number of pyridine rings is 1. The van der Waals surface area contributed by atoms with Gasteiger partial charge in [-0.1, -0.05) is 18.1 Å². The Morgan fingerprint density at radius 1 is 1.25 bits per heavy atom. The first-order valence-electron chi connectivity index (χ1n) is 8.10. The number of carbonyl (C=O) groups excluding carboxylic acids is 1. The first kappa shape index (κ1) is 14.7. The van der Waals surface area contributed by atoms with Gasteiger partial charge in [-0.05, 0) is 49.6 Å². The van der Waals surface area contributed by atoms with Crippen molar-refractivity contribution in [3.8, 4) is 0 Å². The molecule has 122 valence electrons. The smallest absolute Gasteiger partial charge is 0.252 e. The molecule has 1 aliphatic carbocycles. The summed E-state index contributed by atoms with van der Waals surface area (Å²) in [5.74, 6) is 0.443. The first-order chi connectivity index (χ1) is 11.7. The summed E-state index contributed by atoms with van der Waals surface area (Å²) in [7, 11) is 0. The molecule has 0 saturated heterocycles. The number of nitrogens with one attached hydrogen (secondary N) is 2. The van der Waals surface area contributed by atoms with Crippen LogP contribution in [-0.2, 0) is 5.54 Å². The van der Waals surface area contributed by atoms with Gasteiger partial charge in [0.15, 0.2) is 5.82 Å². The monoisotopic (exact) mass is 322 g/mol. The van der Waals surface area contributed by atoms with E-state index in [1.165, 1.54) is 0 Å². The number of H-pyrrole nitrogens is 1. The van der Waals surface area contributed by atoms with Crippen molar-refractivity contribution in [1.82, 2.24) is 30.9 Å². The van der Waals surface area contributed by atoms with Gasteiger partial charge < -0.3 is 5.32 Å². The van der Waals surface area contributed by atoms with Crippen LogP contribution in [0.3, 0.4) is 0 Å². The van der Waals surface area contributed by atoms with Gasteiger partial charge in [-0.2, -0.15) is 5.21 Å². The van der Waals surface area contributed by atoms with E-state index in [4.69, 9.17) is 0 Å². The van der Waals surface area contributed by atoms with Crippen LogP contribution in [0.15, 0.2) is 30.5 Å². The van der Waals surface area contributed by atoms with E-state index in [0.29, 0.717) is 11.4 Å². The first-order valence-corrected chi connectivity index (χ1v) is 8.10. The van der Waals surface area contributed by atoms with Crippen LogP contribution in [0, 0.1) is 6.92 Å². The van der Waals surface area contributed by atoms with Crippen LogP contribution >= 0.6 is 0 Å². The number of aromatic nitrogens is 5. The Balaban J connectivity index is 1.67. The highest BCUT2D eigenvalue weighted by Crippen LogP contribution is 2.36. The van der Waals surface area contributed by atoms with E-state index in [1.807, 2.05) is 31.2 Å². The van der Waals surface area contributed by atoms with Crippen molar-refractivity contribution in [3.05, 3.63) is 47.4 Å². The molecule has 0 radical (unpaired) electrons. The molecule has 1 aromatic carbocycles. The molecule has 1 fully saturated rings. The van der Waals surface area contributed by atoms with E-state index >= 15 is 0 Å². The molecule has 7 nitrogen and oxygen atoms in total. The lowest BCUT2D eigenvalue weighted by Gasteiger charge is -2.26. The number of hydrogen-bond acceptors (Lipinski definition) is 5. The number of benzene rings is 1. The third kappa shape index (κ3) is 2.42. The molecule has 0 spiro atoms. The summed E-state index contributed by atoms with van der Waals surface area (Å²) in [5, 5.41) is 18.5. The van der Waals surface area contributed by atoms with Crippen LogP contribution in [-0.4, -0.2) is 31.5 Å². The Kier molecular flexibility index (Phi) is 3.48. The highest BCUT2D eigenvalue weighted by Gasteiger charge is 2.41. The largest absolute Gasteiger partial charge is 0.339 e. The van der Waals surface area contributed by atoms with Gasteiger partial charge in [-0.3, -0.25) is 9.78 Å². The standard InChI is InChI=1S/C17H18N6O/c1-11-6-9-18-14-5-4-12(10-13(11)14)15(24)19-17(7-2-3-8-17)16-20-22-23-21-16/h4-6,9-10H,2-3,7-8H2,1H3,(H,19,24)(H,20,21,22,23). The van der Waals surface area contributed by atoms with Gasteiger partial charge in [-0.25, -0.2) is 0 Å². The lowest BCUT2D eigenvalue weighted by molar-refractivity contribution is 0.0893. The highest BCUT2D eigenvalue weighted by molar-refractivity contribution is 5.98. The van der Waals surface area contributed by atoms with E-state index in [-0.39, 0.29) is 5.91 Å². The molecule has 0 bridgehead atoms. The summed E-state index contributed by atoms with van der Waals surface area (Å²) in [5.41, 5.74) is 2.08. The normalized spacial score (nSPS) is 16.4. The second-order valence-electron chi connectivity index (χ2n) is 6.34. The van der Waals surface area contributed by atoms with Crippen molar-refractivity contribution in [3.63, 3.8) is 0 Å². The zero-order valence-corrected chi connectivity index (χ0v) is 13.4. The molecule has 3 aromatic rings. The predicted octanol–water partition coefficient (Wildman–Crippen LogP) is 2.26. The van der Waals surface area contributed by atoms with Gasteiger partial charge in [0.2, 0.25) is 0 Å². The van der Waals surface area contributed by atoms with Crippen molar-refractivity contribution in [2.24, 2.45) is 0 Å². The molecule has 2 N–H and O–H groups in total.